The van der Waals surface area contributed by atoms with Gasteiger partial charge < -0.3 is 10.2 Å². The second-order valence-corrected chi connectivity index (χ2v) is 12.1. The lowest BCUT2D eigenvalue weighted by atomic mass is 9.89. The van der Waals surface area contributed by atoms with Gasteiger partial charge in [0.1, 0.15) is 15.9 Å². The largest absolute Gasteiger partial charge is 0.335 e. The molecule has 10 heteroatoms. The highest BCUT2D eigenvalue weighted by molar-refractivity contribution is 7.21. The van der Waals surface area contributed by atoms with Crippen LogP contribution in [0.15, 0.2) is 18.2 Å². The molecule has 2 amide bonds. The molecule has 1 atom stereocenters. The maximum Gasteiger partial charge on any atom is 0.265 e. The number of benzene rings is 1. The van der Waals surface area contributed by atoms with Crippen molar-refractivity contribution in [1.82, 2.24) is 9.80 Å². The van der Waals surface area contributed by atoms with Gasteiger partial charge in [0.05, 0.1) is 17.1 Å². The molecular formula is C25H24Cl2N4O2S2. The summed E-state index contributed by atoms with van der Waals surface area (Å²) in [4.78, 5) is 31.5. The molecule has 0 radical (unpaired) electrons. The van der Waals surface area contributed by atoms with Crippen molar-refractivity contribution in [2.45, 2.75) is 26.2 Å². The van der Waals surface area contributed by atoms with Crippen LogP contribution in [-0.2, 0) is 17.6 Å². The molecule has 0 spiro atoms. The number of fused-ring (bicyclic) bond motifs is 2. The average molecular weight is 548 g/mol. The summed E-state index contributed by atoms with van der Waals surface area (Å²) in [6, 6.07) is 7.73. The third-order valence-corrected chi connectivity index (χ3v) is 9.74. The van der Waals surface area contributed by atoms with E-state index >= 15 is 0 Å². The number of hydrogen-bond donors (Lipinski definition) is 1. The van der Waals surface area contributed by atoms with Crippen LogP contribution in [0.3, 0.4) is 0 Å². The summed E-state index contributed by atoms with van der Waals surface area (Å²) < 4.78 is 0.891. The molecule has 1 N–H and O–H groups in total. The van der Waals surface area contributed by atoms with Gasteiger partial charge in [-0.3, -0.25) is 14.5 Å². The minimum atomic E-state index is -0.127. The van der Waals surface area contributed by atoms with Crippen LogP contribution in [0.25, 0.3) is 10.1 Å². The Balaban J connectivity index is 1.19. The van der Waals surface area contributed by atoms with Gasteiger partial charge in [0.15, 0.2) is 0 Å². The number of nitrogens with one attached hydrogen (secondary N) is 1. The Morgan fingerprint density at radius 2 is 1.97 bits per heavy atom. The first-order chi connectivity index (χ1) is 16.8. The fourth-order valence-electron chi connectivity index (χ4n) is 4.76. The Kier molecular flexibility index (Phi) is 7.06. The molecule has 5 rings (SSSR count). The number of nitriles is 1. The van der Waals surface area contributed by atoms with Gasteiger partial charge in [-0.2, -0.15) is 5.26 Å². The van der Waals surface area contributed by atoms with Crippen molar-refractivity contribution in [1.29, 1.82) is 5.26 Å². The average Bonchev–Trinajstić information content (AvgIpc) is 3.34. The molecule has 2 aliphatic rings. The summed E-state index contributed by atoms with van der Waals surface area (Å²) in [7, 11) is 0. The molecule has 6 nitrogen and oxygen atoms in total. The molecule has 0 bridgehead atoms. The van der Waals surface area contributed by atoms with Crippen molar-refractivity contribution in [2.75, 3.05) is 38.0 Å². The molecule has 35 heavy (non-hydrogen) atoms. The molecule has 1 aromatic carbocycles. The Morgan fingerprint density at radius 3 is 2.71 bits per heavy atom. The van der Waals surface area contributed by atoms with Crippen molar-refractivity contribution >= 4 is 72.8 Å². The topological polar surface area (TPSA) is 76.4 Å². The lowest BCUT2D eigenvalue weighted by Crippen LogP contribution is -2.50. The van der Waals surface area contributed by atoms with E-state index in [1.807, 2.05) is 17.0 Å². The number of thiophene rings is 2. The van der Waals surface area contributed by atoms with E-state index in [2.05, 4.69) is 18.3 Å². The number of amides is 2. The highest BCUT2D eigenvalue weighted by atomic mass is 35.5. The number of carbonyl (C=O) groups excluding carboxylic acids is 2. The normalized spacial score (nSPS) is 18.3. The first kappa shape index (κ1) is 24.5. The fourth-order valence-corrected chi connectivity index (χ4v) is 7.89. The predicted octanol–water partition coefficient (Wildman–Crippen LogP) is 5.66. The van der Waals surface area contributed by atoms with Gasteiger partial charge in [-0.05, 0) is 42.9 Å². The standard InChI is InChI=1S/C25H24Cl2N4O2S2/c1-14-2-4-16-18(12-28)24(35-19(16)10-14)29-21(32)13-30-6-8-31(9-7-30)25(33)23-22(27)17-5-3-15(26)11-20(17)34-23/h3,5,11,14H,2,4,6-10,13H2,1H3,(H,29,32). The quantitative estimate of drug-likeness (QED) is 0.457. The van der Waals surface area contributed by atoms with E-state index in [1.165, 1.54) is 16.2 Å². The van der Waals surface area contributed by atoms with Crippen molar-refractivity contribution < 1.29 is 9.59 Å². The lowest BCUT2D eigenvalue weighted by Gasteiger charge is -2.34. The van der Waals surface area contributed by atoms with Crippen LogP contribution < -0.4 is 5.32 Å². The molecule has 182 valence electrons. The van der Waals surface area contributed by atoms with Gasteiger partial charge in [0, 0.05) is 46.2 Å². The maximum atomic E-state index is 13.1. The van der Waals surface area contributed by atoms with Crippen LogP contribution in [0, 0.1) is 17.2 Å². The van der Waals surface area contributed by atoms with Crippen molar-refractivity contribution in [3.8, 4) is 6.07 Å². The Hall–Kier alpha value is -2.15. The summed E-state index contributed by atoms with van der Waals surface area (Å²) in [5.41, 5.74) is 1.74. The third kappa shape index (κ3) is 4.93. The number of carbonyl (C=O) groups is 2. The van der Waals surface area contributed by atoms with Crippen LogP contribution in [0.2, 0.25) is 10.0 Å². The van der Waals surface area contributed by atoms with Crippen molar-refractivity contribution in [3.63, 3.8) is 0 Å². The Labute approximate surface area is 222 Å². The SMILES string of the molecule is CC1CCc2c(sc(NC(=O)CN3CCN(C(=O)c4sc5cc(Cl)ccc5c4Cl)CC3)c2C#N)C1. The van der Waals surface area contributed by atoms with Crippen LogP contribution in [0.5, 0.6) is 0 Å². The molecule has 3 aromatic rings. The van der Waals surface area contributed by atoms with Gasteiger partial charge in [0.25, 0.3) is 5.91 Å². The summed E-state index contributed by atoms with van der Waals surface area (Å²) in [5.74, 6) is 0.390. The Bertz CT molecular complexity index is 1350. The van der Waals surface area contributed by atoms with Crippen molar-refractivity contribution in [2.24, 2.45) is 5.92 Å². The molecule has 1 aliphatic carbocycles. The maximum absolute atomic E-state index is 13.1. The predicted molar refractivity (Wildman–Crippen MR) is 143 cm³/mol. The van der Waals surface area contributed by atoms with Crippen molar-refractivity contribution in [3.05, 3.63) is 49.1 Å². The highest BCUT2D eigenvalue weighted by Gasteiger charge is 2.28. The first-order valence-electron chi connectivity index (χ1n) is 11.6. The second-order valence-electron chi connectivity index (χ2n) is 9.17. The van der Waals surface area contributed by atoms with Gasteiger partial charge in [-0.15, -0.1) is 22.7 Å². The summed E-state index contributed by atoms with van der Waals surface area (Å²) in [6.07, 6.45) is 2.95. The third-order valence-electron chi connectivity index (χ3n) is 6.69. The molecule has 0 saturated carbocycles. The number of anilines is 1. The fraction of sp³-hybridized carbons (Fsp3) is 0.400. The molecule has 1 aliphatic heterocycles. The van der Waals surface area contributed by atoms with E-state index in [9.17, 15) is 14.9 Å². The molecule has 3 heterocycles. The van der Waals surface area contributed by atoms with Crippen LogP contribution in [-0.4, -0.2) is 54.3 Å². The summed E-state index contributed by atoms with van der Waals surface area (Å²) in [5, 5.41) is 15.2. The smallest absolute Gasteiger partial charge is 0.265 e. The number of rotatable bonds is 4. The lowest BCUT2D eigenvalue weighted by molar-refractivity contribution is -0.117. The summed E-state index contributed by atoms with van der Waals surface area (Å²) >= 11 is 15.5. The number of halogens is 2. The second kappa shape index (κ2) is 10.1. The minimum absolute atomic E-state index is 0.0894. The van der Waals surface area contributed by atoms with Crippen LogP contribution >= 0.6 is 45.9 Å². The van der Waals surface area contributed by atoms with E-state index in [4.69, 9.17) is 23.2 Å². The number of piperazine rings is 1. The van der Waals surface area contributed by atoms with E-state index in [-0.39, 0.29) is 18.4 Å². The molecular weight excluding hydrogens is 523 g/mol. The highest BCUT2D eigenvalue weighted by Crippen LogP contribution is 2.39. The Morgan fingerprint density at radius 1 is 1.20 bits per heavy atom. The number of nitrogens with zero attached hydrogens (tertiary/aromatic N) is 3. The molecule has 1 saturated heterocycles. The zero-order valence-electron chi connectivity index (χ0n) is 19.2. The minimum Gasteiger partial charge on any atom is -0.335 e. The zero-order valence-corrected chi connectivity index (χ0v) is 22.3. The first-order valence-corrected chi connectivity index (χ1v) is 14.0. The molecule has 1 fully saturated rings. The zero-order chi connectivity index (χ0) is 24.7. The van der Waals surface area contributed by atoms with Gasteiger partial charge in [0.2, 0.25) is 5.91 Å². The van der Waals surface area contributed by atoms with E-state index < -0.39 is 0 Å². The van der Waals surface area contributed by atoms with E-state index in [0.29, 0.717) is 57.6 Å². The monoisotopic (exact) mass is 546 g/mol. The van der Waals surface area contributed by atoms with Crippen LogP contribution in [0.1, 0.15) is 39.0 Å². The molecule has 2 aromatic heterocycles. The summed E-state index contributed by atoms with van der Waals surface area (Å²) in [6.45, 7) is 4.68. The molecule has 1 unspecified atom stereocenters. The van der Waals surface area contributed by atoms with Gasteiger partial charge in [-0.1, -0.05) is 36.2 Å². The van der Waals surface area contributed by atoms with E-state index in [1.54, 1.807) is 22.3 Å². The van der Waals surface area contributed by atoms with E-state index in [0.717, 1.165) is 34.9 Å². The van der Waals surface area contributed by atoms with Crippen LogP contribution in [0.4, 0.5) is 5.00 Å². The number of hydrogen-bond acceptors (Lipinski definition) is 6. The van der Waals surface area contributed by atoms with Gasteiger partial charge >= 0.3 is 0 Å². The van der Waals surface area contributed by atoms with Gasteiger partial charge in [-0.25, -0.2) is 0 Å².